The van der Waals surface area contributed by atoms with Crippen LogP contribution in [0.1, 0.15) is 13.8 Å². The third-order valence-corrected chi connectivity index (χ3v) is 2.53. The Bertz CT molecular complexity index is 357. The molecule has 2 heterocycles. The molecule has 0 spiro atoms. The first-order valence-corrected chi connectivity index (χ1v) is 5.45. The average molecular weight is 228 g/mol. The molecule has 0 bridgehead atoms. The zero-order valence-corrected chi connectivity index (χ0v) is 9.66. The minimum atomic E-state index is 0.348. The second kappa shape index (κ2) is 4.23. The van der Waals surface area contributed by atoms with Gasteiger partial charge in [0.25, 0.3) is 0 Å². The first-order chi connectivity index (χ1) is 7.18. The topological polar surface area (TPSA) is 38.2 Å². The van der Waals surface area contributed by atoms with E-state index in [0.717, 1.165) is 18.8 Å². The van der Waals surface area contributed by atoms with Gasteiger partial charge >= 0.3 is 0 Å². The van der Waals surface area contributed by atoms with Crippen LogP contribution in [-0.2, 0) is 0 Å². The van der Waals surface area contributed by atoms with Gasteiger partial charge in [0.15, 0.2) is 10.9 Å². The molecular weight excluding hydrogens is 214 g/mol. The molecule has 82 valence electrons. The number of ether oxygens (including phenoxy) is 1. The van der Waals surface area contributed by atoms with E-state index in [9.17, 15) is 0 Å². The van der Waals surface area contributed by atoms with Crippen molar-refractivity contribution in [3.8, 4) is 5.75 Å². The molecule has 0 fully saturated rings. The smallest absolute Gasteiger partial charge is 0.195 e. The molecule has 4 nitrogen and oxygen atoms in total. The van der Waals surface area contributed by atoms with Gasteiger partial charge in [-0.1, -0.05) is 25.4 Å². The normalized spacial score (nSPS) is 15.1. The average Bonchev–Trinajstić information content (AvgIpc) is 2.19. The maximum absolute atomic E-state index is 5.92. The zero-order valence-electron chi connectivity index (χ0n) is 8.90. The van der Waals surface area contributed by atoms with Crippen LogP contribution in [0.4, 0.5) is 5.69 Å². The molecule has 0 saturated carbocycles. The van der Waals surface area contributed by atoms with E-state index in [4.69, 9.17) is 16.3 Å². The van der Waals surface area contributed by atoms with Crippen LogP contribution in [0.2, 0.25) is 5.15 Å². The molecule has 1 aromatic heterocycles. The minimum absolute atomic E-state index is 0.348. The molecule has 0 N–H and O–H groups in total. The van der Waals surface area contributed by atoms with Crippen molar-refractivity contribution in [1.82, 2.24) is 10.2 Å². The lowest BCUT2D eigenvalue weighted by Crippen LogP contribution is -2.35. The van der Waals surface area contributed by atoms with E-state index in [-0.39, 0.29) is 0 Å². The summed E-state index contributed by atoms with van der Waals surface area (Å²) < 4.78 is 5.49. The highest BCUT2D eigenvalue weighted by Crippen LogP contribution is 2.35. The van der Waals surface area contributed by atoms with Crippen LogP contribution in [0, 0.1) is 5.92 Å². The van der Waals surface area contributed by atoms with E-state index in [2.05, 4.69) is 28.9 Å². The number of halogens is 1. The molecule has 0 radical (unpaired) electrons. The summed E-state index contributed by atoms with van der Waals surface area (Å²) in [6.45, 7) is 6.90. The second-order valence-electron chi connectivity index (χ2n) is 4.04. The lowest BCUT2D eigenvalue weighted by atomic mass is 10.2. The van der Waals surface area contributed by atoms with Crippen molar-refractivity contribution in [3.63, 3.8) is 0 Å². The Labute approximate surface area is 94.2 Å². The zero-order chi connectivity index (χ0) is 10.8. The Hall–Kier alpha value is -1.03. The van der Waals surface area contributed by atoms with Crippen LogP contribution >= 0.6 is 11.6 Å². The van der Waals surface area contributed by atoms with Crippen molar-refractivity contribution in [2.75, 3.05) is 24.6 Å². The molecular formula is C10H14ClN3O. The molecule has 15 heavy (non-hydrogen) atoms. The van der Waals surface area contributed by atoms with Crippen LogP contribution in [0.25, 0.3) is 0 Å². The van der Waals surface area contributed by atoms with E-state index >= 15 is 0 Å². The van der Waals surface area contributed by atoms with Crippen LogP contribution in [0.15, 0.2) is 6.20 Å². The van der Waals surface area contributed by atoms with Crippen molar-refractivity contribution in [1.29, 1.82) is 0 Å². The van der Waals surface area contributed by atoms with Crippen molar-refractivity contribution >= 4 is 17.3 Å². The quantitative estimate of drug-likeness (QED) is 0.775. The molecule has 0 atom stereocenters. The van der Waals surface area contributed by atoms with E-state index in [1.165, 1.54) is 0 Å². The Kier molecular flexibility index (Phi) is 2.95. The van der Waals surface area contributed by atoms with Gasteiger partial charge in [0.2, 0.25) is 0 Å². The van der Waals surface area contributed by atoms with E-state index in [1.807, 2.05) is 0 Å². The third kappa shape index (κ3) is 2.15. The van der Waals surface area contributed by atoms with Gasteiger partial charge in [0.05, 0.1) is 12.7 Å². The Morgan fingerprint density at radius 2 is 2.40 bits per heavy atom. The maximum atomic E-state index is 5.92. The molecule has 0 aliphatic carbocycles. The molecule has 1 aromatic rings. The van der Waals surface area contributed by atoms with Gasteiger partial charge in [-0.05, 0) is 5.92 Å². The molecule has 1 aliphatic rings. The van der Waals surface area contributed by atoms with Gasteiger partial charge in [-0.3, -0.25) is 0 Å². The molecule has 1 aliphatic heterocycles. The van der Waals surface area contributed by atoms with Gasteiger partial charge in [-0.15, -0.1) is 5.10 Å². The highest BCUT2D eigenvalue weighted by atomic mass is 35.5. The Balaban J connectivity index is 2.30. The number of fused-ring (bicyclic) bond motifs is 1. The van der Waals surface area contributed by atoms with E-state index in [0.29, 0.717) is 23.4 Å². The van der Waals surface area contributed by atoms with Crippen molar-refractivity contribution < 1.29 is 4.74 Å². The van der Waals surface area contributed by atoms with Gasteiger partial charge in [-0.25, -0.2) is 0 Å². The summed E-state index contributed by atoms with van der Waals surface area (Å²) in [4.78, 5) is 2.24. The molecule has 0 amide bonds. The molecule has 0 unspecified atom stereocenters. The van der Waals surface area contributed by atoms with Gasteiger partial charge in [0.1, 0.15) is 12.3 Å². The van der Waals surface area contributed by atoms with Gasteiger partial charge < -0.3 is 9.64 Å². The number of rotatable bonds is 2. The second-order valence-corrected chi connectivity index (χ2v) is 4.40. The SMILES string of the molecule is CC(C)CN1CCOc2c1cnnc2Cl. The van der Waals surface area contributed by atoms with Gasteiger partial charge in [-0.2, -0.15) is 5.10 Å². The lowest BCUT2D eigenvalue weighted by molar-refractivity contribution is 0.302. The fraction of sp³-hybridized carbons (Fsp3) is 0.600. The summed E-state index contributed by atoms with van der Waals surface area (Å²) in [5, 5.41) is 7.97. The first kappa shape index (κ1) is 10.5. The molecule has 0 aromatic carbocycles. The van der Waals surface area contributed by atoms with E-state index in [1.54, 1.807) is 6.20 Å². The van der Waals surface area contributed by atoms with Crippen molar-refractivity contribution in [2.45, 2.75) is 13.8 Å². The fourth-order valence-electron chi connectivity index (χ4n) is 1.71. The number of hydrogen-bond donors (Lipinski definition) is 0. The summed E-state index contributed by atoms with van der Waals surface area (Å²) in [6.07, 6.45) is 1.71. The summed E-state index contributed by atoms with van der Waals surface area (Å²) in [5.74, 6) is 1.27. The number of anilines is 1. The highest BCUT2D eigenvalue weighted by molar-refractivity contribution is 6.31. The van der Waals surface area contributed by atoms with Crippen molar-refractivity contribution in [2.24, 2.45) is 5.92 Å². The first-order valence-electron chi connectivity index (χ1n) is 5.07. The Morgan fingerprint density at radius 3 is 3.13 bits per heavy atom. The molecule has 5 heteroatoms. The predicted octanol–water partition coefficient (Wildman–Crippen LogP) is 1.98. The fourth-order valence-corrected chi connectivity index (χ4v) is 1.91. The minimum Gasteiger partial charge on any atom is -0.486 e. The van der Waals surface area contributed by atoms with Crippen molar-refractivity contribution in [3.05, 3.63) is 11.3 Å². The lowest BCUT2D eigenvalue weighted by Gasteiger charge is -2.31. The summed E-state index contributed by atoms with van der Waals surface area (Å²) >= 11 is 5.92. The standard InChI is InChI=1S/C10H14ClN3O/c1-7(2)6-14-3-4-15-9-8(14)5-12-13-10(9)11/h5,7H,3-4,6H2,1-2H3. The third-order valence-electron chi connectivity index (χ3n) is 2.28. The number of hydrogen-bond acceptors (Lipinski definition) is 4. The molecule has 2 rings (SSSR count). The predicted molar refractivity (Wildman–Crippen MR) is 59.6 cm³/mol. The highest BCUT2D eigenvalue weighted by Gasteiger charge is 2.22. The largest absolute Gasteiger partial charge is 0.486 e. The van der Waals surface area contributed by atoms with Crippen LogP contribution in [-0.4, -0.2) is 29.9 Å². The monoisotopic (exact) mass is 227 g/mol. The van der Waals surface area contributed by atoms with Gasteiger partial charge in [0, 0.05) is 6.54 Å². The number of aromatic nitrogens is 2. The summed E-state index contributed by atoms with van der Waals surface area (Å²) in [6, 6.07) is 0. The summed E-state index contributed by atoms with van der Waals surface area (Å²) in [7, 11) is 0. The van der Waals surface area contributed by atoms with E-state index < -0.39 is 0 Å². The van der Waals surface area contributed by atoms with Crippen LogP contribution in [0.5, 0.6) is 5.75 Å². The molecule has 0 saturated heterocycles. The van der Waals surface area contributed by atoms with Crippen LogP contribution < -0.4 is 9.64 Å². The van der Waals surface area contributed by atoms with Crippen LogP contribution in [0.3, 0.4) is 0 Å². The maximum Gasteiger partial charge on any atom is 0.195 e. The summed E-state index contributed by atoms with van der Waals surface area (Å²) in [5.41, 5.74) is 0.954. The number of nitrogens with zero attached hydrogens (tertiary/aromatic N) is 3. The Morgan fingerprint density at radius 1 is 1.60 bits per heavy atom.